The molecule has 1 atom stereocenters. The van der Waals surface area contributed by atoms with E-state index in [4.69, 9.17) is 5.73 Å². The molecule has 0 aliphatic carbocycles. The van der Waals surface area contributed by atoms with Crippen LogP contribution in [0.2, 0.25) is 0 Å². The summed E-state index contributed by atoms with van der Waals surface area (Å²) < 4.78 is 13.7. The van der Waals surface area contributed by atoms with Gasteiger partial charge in [0.2, 0.25) is 5.91 Å². The van der Waals surface area contributed by atoms with E-state index >= 15 is 0 Å². The predicted octanol–water partition coefficient (Wildman–Crippen LogP) is 1.49. The summed E-state index contributed by atoms with van der Waals surface area (Å²) >= 11 is 0. The van der Waals surface area contributed by atoms with E-state index in [1.54, 1.807) is 19.9 Å². The Kier molecular flexibility index (Phi) is 5.26. The number of halogens is 1. The van der Waals surface area contributed by atoms with Gasteiger partial charge in [-0.3, -0.25) is 4.79 Å². The van der Waals surface area contributed by atoms with E-state index in [-0.39, 0.29) is 17.8 Å². The molecule has 3 N–H and O–H groups in total. The Morgan fingerprint density at radius 3 is 2.48 bits per heavy atom. The van der Waals surface area contributed by atoms with Gasteiger partial charge in [0, 0.05) is 37.4 Å². The first kappa shape index (κ1) is 17.7. The van der Waals surface area contributed by atoms with Crippen molar-refractivity contribution < 1.29 is 9.18 Å². The lowest BCUT2D eigenvalue weighted by atomic mass is 10.0. The number of amides is 1. The van der Waals surface area contributed by atoms with E-state index in [2.05, 4.69) is 22.2 Å². The van der Waals surface area contributed by atoms with Crippen LogP contribution in [0.5, 0.6) is 0 Å². The SMILES string of the molecule is CC(NC(=O)C(C)(C)N)c1cc(F)ccc1N1CCN(C)CC1. The summed E-state index contributed by atoms with van der Waals surface area (Å²) in [6.07, 6.45) is 0. The summed E-state index contributed by atoms with van der Waals surface area (Å²) in [5, 5.41) is 2.88. The number of hydrogen-bond donors (Lipinski definition) is 2. The fraction of sp³-hybridized carbons (Fsp3) is 0.588. The first-order valence-electron chi connectivity index (χ1n) is 8.01. The summed E-state index contributed by atoms with van der Waals surface area (Å²) in [6, 6.07) is 4.46. The van der Waals surface area contributed by atoms with Crippen LogP contribution in [0.4, 0.5) is 10.1 Å². The van der Waals surface area contributed by atoms with E-state index in [0.29, 0.717) is 0 Å². The lowest BCUT2D eigenvalue weighted by Gasteiger charge is -2.36. The van der Waals surface area contributed by atoms with Gasteiger partial charge in [0.25, 0.3) is 0 Å². The number of anilines is 1. The Balaban J connectivity index is 2.23. The monoisotopic (exact) mass is 322 g/mol. The zero-order chi connectivity index (χ0) is 17.2. The minimum absolute atomic E-state index is 0.251. The smallest absolute Gasteiger partial charge is 0.239 e. The average molecular weight is 322 g/mol. The van der Waals surface area contributed by atoms with Crippen molar-refractivity contribution in [2.45, 2.75) is 32.4 Å². The molecule has 1 aromatic carbocycles. The molecule has 5 nitrogen and oxygen atoms in total. The maximum atomic E-state index is 13.7. The quantitative estimate of drug-likeness (QED) is 0.882. The molecule has 1 aromatic rings. The molecule has 128 valence electrons. The van der Waals surface area contributed by atoms with E-state index in [1.807, 2.05) is 6.92 Å². The molecule has 0 spiro atoms. The van der Waals surface area contributed by atoms with Gasteiger partial charge in [0.05, 0.1) is 11.6 Å². The summed E-state index contributed by atoms with van der Waals surface area (Å²) in [5.74, 6) is -0.551. The minimum atomic E-state index is -0.963. The van der Waals surface area contributed by atoms with Gasteiger partial charge in [-0.25, -0.2) is 4.39 Å². The van der Waals surface area contributed by atoms with Crippen LogP contribution >= 0.6 is 0 Å². The van der Waals surface area contributed by atoms with Crippen LogP contribution in [-0.2, 0) is 4.79 Å². The van der Waals surface area contributed by atoms with Crippen LogP contribution in [-0.4, -0.2) is 49.6 Å². The van der Waals surface area contributed by atoms with Crippen LogP contribution in [0.15, 0.2) is 18.2 Å². The first-order valence-corrected chi connectivity index (χ1v) is 8.01. The number of piperazine rings is 1. The molecule has 1 heterocycles. The highest BCUT2D eigenvalue weighted by Crippen LogP contribution is 2.28. The third-order valence-corrected chi connectivity index (χ3v) is 4.23. The van der Waals surface area contributed by atoms with Gasteiger partial charge >= 0.3 is 0 Å². The van der Waals surface area contributed by atoms with Crippen LogP contribution in [0.3, 0.4) is 0 Å². The van der Waals surface area contributed by atoms with E-state index in [0.717, 1.165) is 37.4 Å². The van der Waals surface area contributed by atoms with Crippen LogP contribution in [0, 0.1) is 5.82 Å². The highest BCUT2D eigenvalue weighted by molar-refractivity contribution is 5.85. The number of likely N-dealkylation sites (N-methyl/N-ethyl adjacent to an activating group) is 1. The topological polar surface area (TPSA) is 61.6 Å². The zero-order valence-corrected chi connectivity index (χ0v) is 14.4. The molecule has 1 saturated heterocycles. The van der Waals surface area contributed by atoms with Crippen molar-refractivity contribution in [3.63, 3.8) is 0 Å². The lowest BCUT2D eigenvalue weighted by Crippen LogP contribution is -2.50. The predicted molar refractivity (Wildman–Crippen MR) is 90.9 cm³/mol. The largest absolute Gasteiger partial charge is 0.369 e. The standard InChI is InChI=1S/C17H27FN4O/c1-12(20-16(23)17(2,3)19)14-11-13(18)5-6-15(14)22-9-7-21(4)8-10-22/h5-6,11-12H,7-10,19H2,1-4H3,(H,20,23). The van der Waals surface area contributed by atoms with Crippen LogP contribution in [0.25, 0.3) is 0 Å². The van der Waals surface area contributed by atoms with Gasteiger partial charge in [0.15, 0.2) is 0 Å². The molecular weight excluding hydrogens is 295 g/mol. The summed E-state index contributed by atoms with van der Waals surface area (Å²) in [6.45, 7) is 8.87. The Morgan fingerprint density at radius 1 is 1.30 bits per heavy atom. The van der Waals surface area contributed by atoms with Crippen molar-refractivity contribution >= 4 is 11.6 Å². The van der Waals surface area contributed by atoms with Crippen LogP contribution in [0.1, 0.15) is 32.4 Å². The molecule has 6 heteroatoms. The third-order valence-electron chi connectivity index (χ3n) is 4.23. The van der Waals surface area contributed by atoms with Gasteiger partial charge in [-0.05, 0) is 46.0 Å². The molecule has 1 aliphatic rings. The third kappa shape index (κ3) is 4.42. The molecule has 0 saturated carbocycles. The van der Waals surface area contributed by atoms with Gasteiger partial charge < -0.3 is 20.9 Å². The van der Waals surface area contributed by atoms with Crippen molar-refractivity contribution in [1.29, 1.82) is 0 Å². The number of nitrogens with zero attached hydrogens (tertiary/aromatic N) is 2. The molecule has 0 radical (unpaired) electrons. The normalized spacial score (nSPS) is 17.9. The number of carbonyl (C=O) groups is 1. The second-order valence-electron chi connectivity index (χ2n) is 6.91. The number of rotatable bonds is 4. The zero-order valence-electron chi connectivity index (χ0n) is 14.4. The van der Waals surface area contributed by atoms with Crippen molar-refractivity contribution in [3.05, 3.63) is 29.6 Å². The second kappa shape index (κ2) is 6.84. The maximum absolute atomic E-state index is 13.7. The first-order chi connectivity index (χ1) is 10.7. The molecular formula is C17H27FN4O. The number of hydrogen-bond acceptors (Lipinski definition) is 4. The maximum Gasteiger partial charge on any atom is 0.239 e. The Labute approximate surface area is 137 Å². The van der Waals surface area contributed by atoms with Crippen molar-refractivity contribution in [3.8, 4) is 0 Å². The minimum Gasteiger partial charge on any atom is -0.369 e. The molecule has 1 amide bonds. The number of carbonyl (C=O) groups excluding carboxylic acids is 1. The molecule has 1 unspecified atom stereocenters. The van der Waals surface area contributed by atoms with Gasteiger partial charge in [-0.1, -0.05) is 0 Å². The molecule has 2 rings (SSSR count). The Morgan fingerprint density at radius 2 is 1.91 bits per heavy atom. The number of nitrogens with two attached hydrogens (primary N) is 1. The molecule has 0 bridgehead atoms. The van der Waals surface area contributed by atoms with E-state index in [9.17, 15) is 9.18 Å². The number of nitrogens with one attached hydrogen (secondary N) is 1. The van der Waals surface area contributed by atoms with Crippen molar-refractivity contribution in [1.82, 2.24) is 10.2 Å². The second-order valence-corrected chi connectivity index (χ2v) is 6.91. The lowest BCUT2D eigenvalue weighted by molar-refractivity contribution is -0.125. The van der Waals surface area contributed by atoms with Crippen molar-refractivity contribution in [2.24, 2.45) is 5.73 Å². The van der Waals surface area contributed by atoms with E-state index in [1.165, 1.54) is 12.1 Å². The molecule has 23 heavy (non-hydrogen) atoms. The molecule has 1 aliphatic heterocycles. The summed E-state index contributed by atoms with van der Waals surface area (Å²) in [7, 11) is 2.09. The summed E-state index contributed by atoms with van der Waals surface area (Å²) in [4.78, 5) is 16.6. The highest BCUT2D eigenvalue weighted by Gasteiger charge is 2.26. The molecule has 0 aromatic heterocycles. The van der Waals surface area contributed by atoms with Gasteiger partial charge in [-0.2, -0.15) is 0 Å². The van der Waals surface area contributed by atoms with Gasteiger partial charge in [-0.15, -0.1) is 0 Å². The molecule has 1 fully saturated rings. The van der Waals surface area contributed by atoms with E-state index < -0.39 is 5.54 Å². The fourth-order valence-corrected chi connectivity index (χ4v) is 2.67. The Bertz CT molecular complexity index is 562. The summed E-state index contributed by atoms with van der Waals surface area (Å²) in [5.41, 5.74) is 6.63. The fourth-order valence-electron chi connectivity index (χ4n) is 2.67. The van der Waals surface area contributed by atoms with Gasteiger partial charge in [0.1, 0.15) is 5.82 Å². The van der Waals surface area contributed by atoms with Crippen molar-refractivity contribution in [2.75, 3.05) is 38.1 Å². The number of benzene rings is 1. The van der Waals surface area contributed by atoms with Crippen LogP contribution < -0.4 is 16.0 Å². The Hall–Kier alpha value is -1.66. The highest BCUT2D eigenvalue weighted by atomic mass is 19.1. The average Bonchev–Trinajstić information content (AvgIpc) is 2.47.